The standard InChI is InChI=1S/C18H33N3/c1-6-8-9-10-21(14(3)4)18-15(5)11-16(13-20-18)12-17(19)7-2/h11,13-14,17H,6-10,12,19H2,1-5H3. The van der Waals surface area contributed by atoms with Crippen molar-refractivity contribution in [1.82, 2.24) is 4.98 Å². The first kappa shape index (κ1) is 18.0. The molecule has 3 heteroatoms. The maximum atomic E-state index is 6.04. The van der Waals surface area contributed by atoms with Gasteiger partial charge in [-0.3, -0.25) is 0 Å². The van der Waals surface area contributed by atoms with Gasteiger partial charge in [0, 0.05) is 24.8 Å². The Balaban J connectivity index is 2.84. The molecule has 0 aliphatic carbocycles. The van der Waals surface area contributed by atoms with Crippen molar-refractivity contribution in [2.45, 2.75) is 78.8 Å². The van der Waals surface area contributed by atoms with Crippen molar-refractivity contribution in [1.29, 1.82) is 0 Å². The van der Waals surface area contributed by atoms with Crippen molar-refractivity contribution in [2.24, 2.45) is 5.73 Å². The number of hydrogen-bond acceptors (Lipinski definition) is 3. The Morgan fingerprint density at radius 1 is 1.24 bits per heavy atom. The SMILES string of the molecule is CCCCCN(c1ncc(CC(N)CC)cc1C)C(C)C. The average Bonchev–Trinajstić information content (AvgIpc) is 2.44. The van der Waals surface area contributed by atoms with Crippen LogP contribution in [0.4, 0.5) is 5.82 Å². The molecule has 0 saturated carbocycles. The summed E-state index contributed by atoms with van der Waals surface area (Å²) in [5.74, 6) is 1.13. The van der Waals surface area contributed by atoms with Gasteiger partial charge in [-0.25, -0.2) is 4.98 Å². The maximum Gasteiger partial charge on any atom is 0.131 e. The third kappa shape index (κ3) is 5.66. The molecule has 2 N–H and O–H groups in total. The fourth-order valence-corrected chi connectivity index (χ4v) is 2.63. The second-order valence-electron chi connectivity index (χ2n) is 6.35. The van der Waals surface area contributed by atoms with Gasteiger partial charge in [0.05, 0.1) is 0 Å². The fraction of sp³-hybridized carbons (Fsp3) is 0.722. The van der Waals surface area contributed by atoms with Gasteiger partial charge in [-0.1, -0.05) is 32.8 Å². The minimum Gasteiger partial charge on any atom is -0.354 e. The molecule has 3 nitrogen and oxygen atoms in total. The molecule has 0 aliphatic heterocycles. The number of pyridine rings is 1. The van der Waals surface area contributed by atoms with Gasteiger partial charge in [0.25, 0.3) is 0 Å². The van der Waals surface area contributed by atoms with Gasteiger partial charge in [-0.2, -0.15) is 0 Å². The van der Waals surface area contributed by atoms with E-state index in [0.29, 0.717) is 6.04 Å². The molecular formula is C18H33N3. The van der Waals surface area contributed by atoms with E-state index in [1.165, 1.54) is 30.4 Å². The van der Waals surface area contributed by atoms with E-state index in [-0.39, 0.29) is 6.04 Å². The predicted octanol–water partition coefficient (Wildman–Crippen LogP) is 4.07. The maximum absolute atomic E-state index is 6.04. The molecule has 1 atom stereocenters. The van der Waals surface area contributed by atoms with Gasteiger partial charge in [-0.05, 0) is 51.2 Å². The summed E-state index contributed by atoms with van der Waals surface area (Å²) in [5.41, 5.74) is 8.56. The van der Waals surface area contributed by atoms with E-state index in [1.54, 1.807) is 0 Å². The summed E-state index contributed by atoms with van der Waals surface area (Å²) in [6, 6.07) is 2.98. The molecule has 1 aromatic rings. The van der Waals surface area contributed by atoms with Gasteiger partial charge in [0.2, 0.25) is 0 Å². The number of nitrogens with zero attached hydrogens (tertiary/aromatic N) is 2. The number of hydrogen-bond donors (Lipinski definition) is 1. The summed E-state index contributed by atoms with van der Waals surface area (Å²) in [6.45, 7) is 12.1. The Hall–Kier alpha value is -1.09. The lowest BCUT2D eigenvalue weighted by atomic mass is 10.0. The zero-order valence-corrected chi connectivity index (χ0v) is 14.5. The summed E-state index contributed by atoms with van der Waals surface area (Å²) >= 11 is 0. The number of unbranched alkanes of at least 4 members (excludes halogenated alkanes) is 2. The predicted molar refractivity (Wildman–Crippen MR) is 93.0 cm³/mol. The molecule has 1 heterocycles. The number of aryl methyl sites for hydroxylation is 1. The molecule has 0 bridgehead atoms. The highest BCUT2D eigenvalue weighted by atomic mass is 15.2. The van der Waals surface area contributed by atoms with Crippen molar-refractivity contribution in [3.8, 4) is 0 Å². The van der Waals surface area contributed by atoms with Crippen LogP contribution >= 0.6 is 0 Å². The van der Waals surface area contributed by atoms with Crippen molar-refractivity contribution in [3.63, 3.8) is 0 Å². The number of rotatable bonds is 9. The van der Waals surface area contributed by atoms with Crippen LogP contribution in [-0.2, 0) is 6.42 Å². The van der Waals surface area contributed by atoms with Crippen LogP contribution in [0.15, 0.2) is 12.3 Å². The highest BCUT2D eigenvalue weighted by Gasteiger charge is 2.14. The third-order valence-electron chi connectivity index (χ3n) is 4.03. The van der Waals surface area contributed by atoms with Gasteiger partial charge in [0.15, 0.2) is 0 Å². The normalized spacial score (nSPS) is 12.7. The monoisotopic (exact) mass is 291 g/mol. The van der Waals surface area contributed by atoms with Crippen molar-refractivity contribution in [2.75, 3.05) is 11.4 Å². The molecular weight excluding hydrogens is 258 g/mol. The van der Waals surface area contributed by atoms with Crippen LogP contribution in [-0.4, -0.2) is 23.6 Å². The number of anilines is 1. The fourth-order valence-electron chi connectivity index (χ4n) is 2.63. The van der Waals surface area contributed by atoms with Gasteiger partial charge >= 0.3 is 0 Å². The first-order chi connectivity index (χ1) is 9.99. The second-order valence-corrected chi connectivity index (χ2v) is 6.35. The molecule has 0 aliphatic rings. The zero-order valence-electron chi connectivity index (χ0n) is 14.5. The Morgan fingerprint density at radius 2 is 1.95 bits per heavy atom. The first-order valence-corrected chi connectivity index (χ1v) is 8.47. The Kier molecular flexibility index (Phi) is 7.73. The van der Waals surface area contributed by atoms with Gasteiger partial charge in [0.1, 0.15) is 5.82 Å². The smallest absolute Gasteiger partial charge is 0.131 e. The molecule has 0 saturated heterocycles. The first-order valence-electron chi connectivity index (χ1n) is 8.47. The zero-order chi connectivity index (χ0) is 15.8. The highest BCUT2D eigenvalue weighted by Crippen LogP contribution is 2.21. The van der Waals surface area contributed by atoms with Crippen LogP contribution in [0.25, 0.3) is 0 Å². The largest absolute Gasteiger partial charge is 0.354 e. The van der Waals surface area contributed by atoms with Gasteiger partial charge < -0.3 is 10.6 Å². The van der Waals surface area contributed by atoms with Crippen molar-refractivity contribution in [3.05, 3.63) is 23.4 Å². The minimum absolute atomic E-state index is 0.239. The molecule has 1 aromatic heterocycles. The second kappa shape index (κ2) is 9.04. The summed E-state index contributed by atoms with van der Waals surface area (Å²) in [4.78, 5) is 7.16. The molecule has 0 radical (unpaired) electrons. The molecule has 1 unspecified atom stereocenters. The number of nitrogens with two attached hydrogens (primary N) is 1. The van der Waals surface area contributed by atoms with Crippen LogP contribution < -0.4 is 10.6 Å². The molecule has 21 heavy (non-hydrogen) atoms. The summed E-state index contributed by atoms with van der Waals surface area (Å²) in [6.07, 6.45) is 7.71. The quantitative estimate of drug-likeness (QED) is 0.697. The van der Waals surface area contributed by atoms with E-state index in [9.17, 15) is 0 Å². The van der Waals surface area contributed by atoms with E-state index in [4.69, 9.17) is 10.7 Å². The summed E-state index contributed by atoms with van der Waals surface area (Å²) in [5, 5.41) is 0. The van der Waals surface area contributed by atoms with Crippen molar-refractivity contribution >= 4 is 5.82 Å². The minimum atomic E-state index is 0.239. The van der Waals surface area contributed by atoms with Crippen LogP contribution in [0.2, 0.25) is 0 Å². The van der Waals surface area contributed by atoms with Crippen LogP contribution in [0.3, 0.4) is 0 Å². The van der Waals surface area contributed by atoms with E-state index in [2.05, 4.69) is 45.6 Å². The van der Waals surface area contributed by atoms with Crippen LogP contribution in [0.1, 0.15) is 64.5 Å². The van der Waals surface area contributed by atoms with Crippen LogP contribution in [0, 0.1) is 6.92 Å². The molecule has 0 amide bonds. The van der Waals surface area contributed by atoms with Crippen molar-refractivity contribution < 1.29 is 0 Å². The lowest BCUT2D eigenvalue weighted by Gasteiger charge is -2.29. The van der Waals surface area contributed by atoms with E-state index >= 15 is 0 Å². The Labute approximate surface area is 130 Å². The Bertz CT molecular complexity index is 415. The topological polar surface area (TPSA) is 42.2 Å². The van der Waals surface area contributed by atoms with E-state index in [1.807, 2.05) is 6.20 Å². The summed E-state index contributed by atoms with van der Waals surface area (Å²) < 4.78 is 0. The summed E-state index contributed by atoms with van der Waals surface area (Å²) in [7, 11) is 0. The molecule has 120 valence electrons. The van der Waals surface area contributed by atoms with Gasteiger partial charge in [-0.15, -0.1) is 0 Å². The molecule has 1 rings (SSSR count). The van der Waals surface area contributed by atoms with E-state index in [0.717, 1.165) is 25.2 Å². The lowest BCUT2D eigenvalue weighted by molar-refractivity contribution is 0.616. The average molecular weight is 291 g/mol. The lowest BCUT2D eigenvalue weighted by Crippen LogP contribution is -2.33. The van der Waals surface area contributed by atoms with Crippen LogP contribution in [0.5, 0.6) is 0 Å². The molecule has 0 fully saturated rings. The molecule has 0 spiro atoms. The third-order valence-corrected chi connectivity index (χ3v) is 4.03. The molecule has 0 aromatic carbocycles. The Morgan fingerprint density at radius 3 is 2.48 bits per heavy atom. The van der Waals surface area contributed by atoms with E-state index < -0.39 is 0 Å². The number of aromatic nitrogens is 1. The highest BCUT2D eigenvalue weighted by molar-refractivity contribution is 5.48.